The largest absolute Gasteiger partial charge is 0.367 e. The lowest BCUT2D eigenvalue weighted by Crippen LogP contribution is -2.14. The normalized spacial score (nSPS) is 7.62. The van der Waals surface area contributed by atoms with Gasteiger partial charge in [0.25, 0.3) is 0 Å². The van der Waals surface area contributed by atoms with Crippen LogP contribution in [0.2, 0.25) is 0 Å². The first-order valence-corrected chi connectivity index (χ1v) is 2.52. The highest BCUT2D eigenvalue weighted by molar-refractivity contribution is 5.13. The molecule has 0 heterocycles. The summed E-state index contributed by atoms with van der Waals surface area (Å²) in [6, 6.07) is 1.95. The van der Waals surface area contributed by atoms with Crippen LogP contribution in [0, 0.1) is 11.3 Å². The Labute approximate surface area is 50.0 Å². The van der Waals surface area contributed by atoms with E-state index >= 15 is 0 Å². The summed E-state index contributed by atoms with van der Waals surface area (Å²) < 4.78 is 0. The molecule has 0 aromatic carbocycles. The monoisotopic (exact) mass is 110 g/mol. The van der Waals surface area contributed by atoms with Gasteiger partial charge in [0.15, 0.2) is 0 Å². The number of hydrogen-bond acceptors (Lipinski definition) is 2. The Balaban J connectivity index is 3.68. The van der Waals surface area contributed by atoms with E-state index in [0.717, 1.165) is 6.54 Å². The van der Waals surface area contributed by atoms with Gasteiger partial charge in [-0.3, -0.25) is 0 Å². The number of nitriles is 1. The topological polar surface area (TPSA) is 27.0 Å². The summed E-state index contributed by atoms with van der Waals surface area (Å²) in [7, 11) is 1.84. The molecule has 0 fully saturated rings. The van der Waals surface area contributed by atoms with Crippen LogP contribution in [-0.2, 0) is 0 Å². The maximum absolute atomic E-state index is 8.25. The van der Waals surface area contributed by atoms with Crippen molar-refractivity contribution in [1.29, 1.82) is 5.26 Å². The molecule has 0 aliphatic carbocycles. The second-order valence-corrected chi connectivity index (χ2v) is 1.57. The van der Waals surface area contributed by atoms with Crippen LogP contribution in [0.3, 0.4) is 0 Å². The Kier molecular flexibility index (Phi) is 2.71. The van der Waals surface area contributed by atoms with E-state index in [9.17, 15) is 0 Å². The Morgan fingerprint density at radius 3 is 2.50 bits per heavy atom. The molecule has 0 amide bonds. The molecule has 0 aliphatic rings. The van der Waals surface area contributed by atoms with Crippen LogP contribution >= 0.6 is 0 Å². The second kappa shape index (κ2) is 3.09. The van der Waals surface area contributed by atoms with Crippen molar-refractivity contribution in [2.24, 2.45) is 0 Å². The molecule has 0 radical (unpaired) electrons. The van der Waals surface area contributed by atoms with Crippen LogP contribution in [0.4, 0.5) is 0 Å². The first-order chi connectivity index (χ1) is 3.72. The van der Waals surface area contributed by atoms with Gasteiger partial charge in [0.05, 0.1) is 0 Å². The van der Waals surface area contributed by atoms with Crippen molar-refractivity contribution in [2.45, 2.75) is 6.92 Å². The lowest BCUT2D eigenvalue weighted by atomic mass is 10.5. The van der Waals surface area contributed by atoms with Crippen molar-refractivity contribution in [3.8, 4) is 6.07 Å². The van der Waals surface area contributed by atoms with Crippen LogP contribution in [0.5, 0.6) is 0 Å². The van der Waals surface area contributed by atoms with Crippen molar-refractivity contribution in [3.63, 3.8) is 0 Å². The minimum atomic E-state index is 0.521. The molecule has 0 aromatic heterocycles. The fourth-order valence-corrected chi connectivity index (χ4v) is 0.276. The molecule has 2 heteroatoms. The third kappa shape index (κ3) is 1.65. The van der Waals surface area contributed by atoms with E-state index in [0.29, 0.717) is 5.70 Å². The predicted octanol–water partition coefficient (Wildman–Crippen LogP) is 0.975. The van der Waals surface area contributed by atoms with E-state index in [1.807, 2.05) is 20.0 Å². The standard InChI is InChI=1S/C6H10N2/c1-4-8(3)6(2)5-7/h2,4H2,1,3H3. The molecule has 8 heavy (non-hydrogen) atoms. The van der Waals surface area contributed by atoms with Crippen LogP contribution in [0.15, 0.2) is 12.3 Å². The maximum atomic E-state index is 8.25. The summed E-state index contributed by atoms with van der Waals surface area (Å²) in [5.74, 6) is 0. The van der Waals surface area contributed by atoms with Gasteiger partial charge in [-0.25, -0.2) is 0 Å². The highest BCUT2D eigenvalue weighted by Crippen LogP contribution is 1.92. The molecule has 0 atom stereocenters. The van der Waals surface area contributed by atoms with Gasteiger partial charge < -0.3 is 4.90 Å². The van der Waals surface area contributed by atoms with Gasteiger partial charge in [-0.2, -0.15) is 5.26 Å². The van der Waals surface area contributed by atoms with Crippen molar-refractivity contribution >= 4 is 0 Å². The van der Waals surface area contributed by atoms with Crippen LogP contribution in [0.1, 0.15) is 6.92 Å². The molecule has 0 N–H and O–H groups in total. The number of rotatable bonds is 2. The number of allylic oxidation sites excluding steroid dienone is 1. The number of hydrogen-bond donors (Lipinski definition) is 0. The summed E-state index contributed by atoms with van der Waals surface area (Å²) in [5.41, 5.74) is 0.521. The first-order valence-electron chi connectivity index (χ1n) is 2.52. The Morgan fingerprint density at radius 2 is 2.38 bits per heavy atom. The quantitative estimate of drug-likeness (QED) is 0.495. The van der Waals surface area contributed by atoms with Crippen molar-refractivity contribution in [3.05, 3.63) is 12.3 Å². The first kappa shape index (κ1) is 7.03. The highest BCUT2D eigenvalue weighted by Gasteiger charge is 1.92. The van der Waals surface area contributed by atoms with E-state index in [1.54, 1.807) is 4.90 Å². The molecule has 0 saturated heterocycles. The molecule has 0 unspecified atom stereocenters. The molecule has 0 bridgehead atoms. The van der Waals surface area contributed by atoms with Gasteiger partial charge in [0.2, 0.25) is 0 Å². The van der Waals surface area contributed by atoms with Gasteiger partial charge in [0.1, 0.15) is 11.8 Å². The number of nitrogens with zero attached hydrogens (tertiary/aromatic N) is 2. The molecular weight excluding hydrogens is 100 g/mol. The average molecular weight is 110 g/mol. The Morgan fingerprint density at radius 1 is 1.88 bits per heavy atom. The van der Waals surface area contributed by atoms with Crippen molar-refractivity contribution < 1.29 is 0 Å². The molecule has 0 aliphatic heterocycles. The minimum absolute atomic E-state index is 0.521. The van der Waals surface area contributed by atoms with E-state index in [1.165, 1.54) is 0 Å². The Bertz CT molecular complexity index is 121. The van der Waals surface area contributed by atoms with Gasteiger partial charge in [0, 0.05) is 13.6 Å². The third-order valence-electron chi connectivity index (χ3n) is 1.06. The zero-order chi connectivity index (χ0) is 6.57. The lowest BCUT2D eigenvalue weighted by Gasteiger charge is -2.11. The fraction of sp³-hybridized carbons (Fsp3) is 0.500. The van der Waals surface area contributed by atoms with Crippen LogP contribution in [-0.4, -0.2) is 18.5 Å². The molecule has 2 nitrogen and oxygen atoms in total. The molecular formula is C6H10N2. The minimum Gasteiger partial charge on any atom is -0.367 e. The fourth-order valence-electron chi connectivity index (χ4n) is 0.276. The second-order valence-electron chi connectivity index (χ2n) is 1.57. The molecule has 0 saturated carbocycles. The van der Waals surface area contributed by atoms with Crippen LogP contribution < -0.4 is 0 Å². The van der Waals surface area contributed by atoms with Crippen LogP contribution in [0.25, 0.3) is 0 Å². The van der Waals surface area contributed by atoms with Gasteiger partial charge in [-0.15, -0.1) is 0 Å². The summed E-state index contributed by atoms with van der Waals surface area (Å²) in [4.78, 5) is 1.79. The highest BCUT2D eigenvalue weighted by atomic mass is 15.1. The zero-order valence-corrected chi connectivity index (χ0v) is 5.31. The Hall–Kier alpha value is -0.970. The zero-order valence-electron chi connectivity index (χ0n) is 5.31. The molecule has 44 valence electrons. The predicted molar refractivity (Wildman–Crippen MR) is 33.1 cm³/mol. The maximum Gasteiger partial charge on any atom is 0.116 e. The summed E-state index contributed by atoms with van der Waals surface area (Å²) in [6.45, 7) is 6.32. The van der Waals surface area contributed by atoms with E-state index in [-0.39, 0.29) is 0 Å². The summed E-state index contributed by atoms with van der Waals surface area (Å²) in [5, 5.41) is 8.25. The molecule has 0 spiro atoms. The third-order valence-corrected chi connectivity index (χ3v) is 1.06. The van der Waals surface area contributed by atoms with E-state index in [2.05, 4.69) is 6.58 Å². The van der Waals surface area contributed by atoms with Crippen molar-refractivity contribution in [2.75, 3.05) is 13.6 Å². The smallest absolute Gasteiger partial charge is 0.116 e. The van der Waals surface area contributed by atoms with Gasteiger partial charge >= 0.3 is 0 Å². The lowest BCUT2D eigenvalue weighted by molar-refractivity contribution is 0.461. The SMILES string of the molecule is C=C(C#N)N(C)CC. The average Bonchev–Trinajstić information content (AvgIpc) is 1.84. The van der Waals surface area contributed by atoms with Crippen molar-refractivity contribution in [1.82, 2.24) is 4.90 Å². The molecule has 0 aromatic rings. The summed E-state index contributed by atoms with van der Waals surface area (Å²) >= 11 is 0. The van der Waals surface area contributed by atoms with E-state index in [4.69, 9.17) is 5.26 Å². The summed E-state index contributed by atoms with van der Waals surface area (Å²) in [6.07, 6.45) is 0. The molecule has 0 rings (SSSR count). The van der Waals surface area contributed by atoms with Gasteiger partial charge in [-0.1, -0.05) is 6.58 Å². The van der Waals surface area contributed by atoms with E-state index < -0.39 is 0 Å². The van der Waals surface area contributed by atoms with Gasteiger partial charge in [-0.05, 0) is 6.92 Å².